The molecule has 1 saturated carbocycles. The highest BCUT2D eigenvalue weighted by atomic mass is 127. The SMILES string of the molecule is CN=C(NCc1ccc(N2CCCC2=O)cc1)NCc1cccc(NC(=O)C2CCC2)c1.I. The fraction of sp³-hybridized carbons (Fsp3) is 0.400. The van der Waals surface area contributed by atoms with Crippen LogP contribution in [0.2, 0.25) is 0 Å². The molecule has 2 aromatic rings. The van der Waals surface area contributed by atoms with Gasteiger partial charge in [-0.2, -0.15) is 0 Å². The van der Waals surface area contributed by atoms with Gasteiger partial charge in [0.05, 0.1) is 0 Å². The topological polar surface area (TPSA) is 85.8 Å². The number of nitrogens with one attached hydrogen (secondary N) is 3. The van der Waals surface area contributed by atoms with Crippen LogP contribution in [0, 0.1) is 5.92 Å². The molecule has 3 N–H and O–H groups in total. The van der Waals surface area contributed by atoms with Gasteiger partial charge in [-0.05, 0) is 54.7 Å². The first-order chi connectivity index (χ1) is 15.6. The molecule has 2 aromatic carbocycles. The summed E-state index contributed by atoms with van der Waals surface area (Å²) >= 11 is 0. The standard InChI is InChI=1S/C25H31N5O2.HI/c1-26-25(27-16-18-10-12-22(13-11-18)30-14-4-9-23(30)31)28-17-19-5-2-8-21(15-19)29-24(32)20-6-3-7-20;/h2,5,8,10-13,15,20H,3-4,6-7,9,14,16-17H2,1H3,(H,29,32)(H2,26,27,28);1H. The average Bonchev–Trinajstić information content (AvgIpc) is 3.19. The van der Waals surface area contributed by atoms with Gasteiger partial charge in [-0.1, -0.05) is 30.7 Å². The summed E-state index contributed by atoms with van der Waals surface area (Å²) in [5.74, 6) is 1.20. The maximum absolute atomic E-state index is 12.2. The third-order valence-electron chi connectivity index (χ3n) is 6.14. The smallest absolute Gasteiger partial charge is 0.227 e. The molecule has 0 bridgehead atoms. The molecular formula is C25H32IN5O2. The summed E-state index contributed by atoms with van der Waals surface area (Å²) in [5.41, 5.74) is 3.98. The molecule has 33 heavy (non-hydrogen) atoms. The van der Waals surface area contributed by atoms with Crippen LogP contribution in [-0.4, -0.2) is 31.4 Å². The number of hydrogen-bond donors (Lipinski definition) is 3. The van der Waals surface area contributed by atoms with Gasteiger partial charge in [0.25, 0.3) is 0 Å². The molecule has 0 spiro atoms. The van der Waals surface area contributed by atoms with Gasteiger partial charge in [0.15, 0.2) is 5.96 Å². The number of guanidine groups is 1. The van der Waals surface area contributed by atoms with E-state index in [0.717, 1.165) is 54.7 Å². The number of benzene rings is 2. The van der Waals surface area contributed by atoms with Crippen molar-refractivity contribution in [2.45, 2.75) is 45.2 Å². The summed E-state index contributed by atoms with van der Waals surface area (Å²) in [6.07, 6.45) is 4.71. The van der Waals surface area contributed by atoms with Crippen LogP contribution in [0.25, 0.3) is 0 Å². The molecule has 8 heteroatoms. The fourth-order valence-corrected chi connectivity index (χ4v) is 3.98. The molecule has 0 atom stereocenters. The molecule has 4 rings (SSSR count). The van der Waals surface area contributed by atoms with E-state index in [4.69, 9.17) is 0 Å². The minimum Gasteiger partial charge on any atom is -0.352 e. The van der Waals surface area contributed by atoms with Crippen molar-refractivity contribution < 1.29 is 9.59 Å². The molecule has 1 saturated heterocycles. The van der Waals surface area contributed by atoms with Crippen molar-refractivity contribution >= 4 is 53.1 Å². The lowest BCUT2D eigenvalue weighted by Crippen LogP contribution is -2.36. The van der Waals surface area contributed by atoms with Gasteiger partial charge in [0.1, 0.15) is 0 Å². The largest absolute Gasteiger partial charge is 0.352 e. The molecule has 2 aliphatic rings. The Kier molecular flexibility index (Phi) is 9.11. The van der Waals surface area contributed by atoms with Gasteiger partial charge in [0.2, 0.25) is 11.8 Å². The monoisotopic (exact) mass is 561 g/mol. The summed E-state index contributed by atoms with van der Waals surface area (Å²) in [5, 5.41) is 9.66. The zero-order valence-electron chi connectivity index (χ0n) is 19.0. The predicted molar refractivity (Wildman–Crippen MR) is 143 cm³/mol. The van der Waals surface area contributed by atoms with Gasteiger partial charge >= 0.3 is 0 Å². The Morgan fingerprint density at radius 1 is 1.03 bits per heavy atom. The zero-order chi connectivity index (χ0) is 22.3. The molecule has 1 aliphatic heterocycles. The van der Waals surface area contributed by atoms with E-state index in [-0.39, 0.29) is 41.7 Å². The van der Waals surface area contributed by atoms with Gasteiger partial charge in [-0.15, -0.1) is 24.0 Å². The number of aliphatic imine (C=N–C) groups is 1. The minimum atomic E-state index is 0. The van der Waals surface area contributed by atoms with Crippen molar-refractivity contribution in [2.75, 3.05) is 23.8 Å². The van der Waals surface area contributed by atoms with Crippen LogP contribution < -0.4 is 20.9 Å². The van der Waals surface area contributed by atoms with Gasteiger partial charge in [-0.3, -0.25) is 14.6 Å². The second-order valence-corrected chi connectivity index (χ2v) is 8.41. The Bertz CT molecular complexity index is 989. The first-order valence-electron chi connectivity index (χ1n) is 11.4. The summed E-state index contributed by atoms with van der Waals surface area (Å²) < 4.78 is 0. The lowest BCUT2D eigenvalue weighted by Gasteiger charge is -2.24. The van der Waals surface area contributed by atoms with Crippen LogP contribution in [0.5, 0.6) is 0 Å². The van der Waals surface area contributed by atoms with Crippen molar-refractivity contribution in [1.82, 2.24) is 10.6 Å². The lowest BCUT2D eigenvalue weighted by molar-refractivity contribution is -0.122. The second kappa shape index (κ2) is 12.0. The highest BCUT2D eigenvalue weighted by Crippen LogP contribution is 2.27. The molecular weight excluding hydrogens is 529 g/mol. The molecule has 2 amide bonds. The van der Waals surface area contributed by atoms with Gasteiger partial charge in [0, 0.05) is 50.4 Å². The molecule has 176 valence electrons. The average molecular weight is 561 g/mol. The first kappa shape index (κ1) is 25.0. The Hall–Kier alpha value is -2.62. The lowest BCUT2D eigenvalue weighted by atomic mass is 9.85. The van der Waals surface area contributed by atoms with Crippen molar-refractivity contribution in [3.63, 3.8) is 0 Å². The van der Waals surface area contributed by atoms with Gasteiger partial charge < -0.3 is 20.9 Å². The van der Waals surface area contributed by atoms with Crippen molar-refractivity contribution in [3.8, 4) is 0 Å². The van der Waals surface area contributed by atoms with E-state index in [0.29, 0.717) is 25.5 Å². The van der Waals surface area contributed by atoms with Crippen molar-refractivity contribution in [3.05, 3.63) is 59.7 Å². The molecule has 1 aliphatic carbocycles. The predicted octanol–water partition coefficient (Wildman–Crippen LogP) is 4.04. The Morgan fingerprint density at radius 3 is 2.36 bits per heavy atom. The number of amides is 2. The number of nitrogens with zero attached hydrogens (tertiary/aromatic N) is 2. The zero-order valence-corrected chi connectivity index (χ0v) is 21.3. The van der Waals surface area contributed by atoms with E-state index < -0.39 is 0 Å². The Morgan fingerprint density at radius 2 is 1.76 bits per heavy atom. The van der Waals surface area contributed by atoms with Crippen LogP contribution in [0.4, 0.5) is 11.4 Å². The molecule has 0 aromatic heterocycles. The summed E-state index contributed by atoms with van der Waals surface area (Å²) in [4.78, 5) is 30.2. The van der Waals surface area contributed by atoms with Gasteiger partial charge in [-0.25, -0.2) is 0 Å². The molecule has 2 fully saturated rings. The summed E-state index contributed by atoms with van der Waals surface area (Å²) in [6, 6.07) is 16.0. The quantitative estimate of drug-likeness (QED) is 0.271. The maximum Gasteiger partial charge on any atom is 0.227 e. The summed E-state index contributed by atoms with van der Waals surface area (Å²) in [6.45, 7) is 2.03. The molecule has 0 radical (unpaired) electrons. The van der Waals surface area contributed by atoms with Crippen LogP contribution in [0.15, 0.2) is 53.5 Å². The first-order valence-corrected chi connectivity index (χ1v) is 11.4. The number of rotatable bonds is 7. The van der Waals surface area contributed by atoms with Crippen molar-refractivity contribution in [2.24, 2.45) is 10.9 Å². The third-order valence-corrected chi connectivity index (χ3v) is 6.14. The highest BCUT2D eigenvalue weighted by molar-refractivity contribution is 14.0. The van der Waals surface area contributed by atoms with E-state index in [1.54, 1.807) is 7.05 Å². The van der Waals surface area contributed by atoms with E-state index in [2.05, 4.69) is 20.9 Å². The van der Waals surface area contributed by atoms with Crippen LogP contribution >= 0.6 is 24.0 Å². The number of hydrogen-bond acceptors (Lipinski definition) is 3. The fourth-order valence-electron chi connectivity index (χ4n) is 3.98. The number of anilines is 2. The molecule has 7 nitrogen and oxygen atoms in total. The van der Waals surface area contributed by atoms with Crippen LogP contribution in [-0.2, 0) is 22.7 Å². The minimum absolute atomic E-state index is 0. The van der Waals surface area contributed by atoms with Crippen molar-refractivity contribution in [1.29, 1.82) is 0 Å². The Balaban J connectivity index is 0.00000306. The van der Waals surface area contributed by atoms with E-state index in [9.17, 15) is 9.59 Å². The van der Waals surface area contributed by atoms with E-state index in [1.807, 2.05) is 53.4 Å². The number of carbonyl (C=O) groups is 2. The highest BCUT2D eigenvalue weighted by Gasteiger charge is 2.25. The number of carbonyl (C=O) groups excluding carboxylic acids is 2. The van der Waals surface area contributed by atoms with E-state index >= 15 is 0 Å². The molecule has 0 unspecified atom stereocenters. The second-order valence-electron chi connectivity index (χ2n) is 8.41. The normalized spacial score (nSPS) is 16.1. The Labute approximate surface area is 212 Å². The van der Waals surface area contributed by atoms with E-state index in [1.165, 1.54) is 0 Å². The number of halogens is 1. The van der Waals surface area contributed by atoms with Crippen LogP contribution in [0.1, 0.15) is 43.2 Å². The van der Waals surface area contributed by atoms with Crippen LogP contribution in [0.3, 0.4) is 0 Å². The maximum atomic E-state index is 12.2. The summed E-state index contributed by atoms with van der Waals surface area (Å²) in [7, 11) is 1.74. The molecule has 1 heterocycles. The third kappa shape index (κ3) is 6.69.